The minimum absolute atomic E-state index is 0.0756. The van der Waals surface area contributed by atoms with Crippen LogP contribution in [0.15, 0.2) is 29.2 Å². The van der Waals surface area contributed by atoms with Crippen molar-refractivity contribution in [2.24, 2.45) is 11.7 Å². The van der Waals surface area contributed by atoms with E-state index in [0.717, 1.165) is 36.3 Å². The van der Waals surface area contributed by atoms with E-state index in [1.165, 1.54) is 0 Å². The second-order valence-corrected chi connectivity index (χ2v) is 5.72. The van der Waals surface area contributed by atoms with E-state index in [1.54, 1.807) is 11.8 Å². The van der Waals surface area contributed by atoms with Gasteiger partial charge in [0.25, 0.3) is 0 Å². The lowest BCUT2D eigenvalue weighted by atomic mass is 9.85. The second kappa shape index (κ2) is 6.25. The van der Waals surface area contributed by atoms with Gasteiger partial charge in [-0.25, -0.2) is 0 Å². The molecular formula is C14H20N2OS. The highest BCUT2D eigenvalue weighted by atomic mass is 32.2. The van der Waals surface area contributed by atoms with Gasteiger partial charge >= 0.3 is 0 Å². The van der Waals surface area contributed by atoms with Crippen LogP contribution in [0.25, 0.3) is 0 Å². The molecule has 2 atom stereocenters. The summed E-state index contributed by atoms with van der Waals surface area (Å²) < 4.78 is 0. The van der Waals surface area contributed by atoms with Crippen molar-refractivity contribution in [1.82, 2.24) is 0 Å². The zero-order chi connectivity index (χ0) is 13.0. The van der Waals surface area contributed by atoms with Crippen LogP contribution in [0.4, 0.5) is 5.69 Å². The lowest BCUT2D eigenvalue weighted by molar-refractivity contribution is -0.120. The molecule has 0 spiro atoms. The molecule has 0 bridgehead atoms. The van der Waals surface area contributed by atoms with Crippen molar-refractivity contribution < 1.29 is 4.79 Å². The fourth-order valence-electron chi connectivity index (χ4n) is 2.41. The number of benzene rings is 1. The maximum atomic E-state index is 12.1. The standard InChI is InChI=1S/C14H20N2OS/c1-18-13-7-3-6-12(9-13)16-14(17)10-4-2-5-11(15)8-10/h3,6-7,9-11H,2,4-5,8,15H2,1H3,(H,16,17). The molecule has 3 N–H and O–H groups in total. The van der Waals surface area contributed by atoms with E-state index >= 15 is 0 Å². The summed E-state index contributed by atoms with van der Waals surface area (Å²) in [4.78, 5) is 13.3. The van der Waals surface area contributed by atoms with Crippen molar-refractivity contribution in [2.45, 2.75) is 36.6 Å². The van der Waals surface area contributed by atoms with Crippen molar-refractivity contribution >= 4 is 23.4 Å². The van der Waals surface area contributed by atoms with Crippen LogP contribution in [0.3, 0.4) is 0 Å². The average Bonchev–Trinajstić information content (AvgIpc) is 2.39. The Bertz CT molecular complexity index is 422. The van der Waals surface area contributed by atoms with Gasteiger partial charge in [-0.05, 0) is 43.7 Å². The number of carbonyl (C=O) groups is 1. The summed E-state index contributed by atoms with van der Waals surface area (Å²) in [6.45, 7) is 0. The lowest BCUT2D eigenvalue weighted by Gasteiger charge is -2.25. The van der Waals surface area contributed by atoms with Gasteiger partial charge in [-0.15, -0.1) is 11.8 Å². The molecule has 2 rings (SSSR count). The maximum Gasteiger partial charge on any atom is 0.227 e. The van der Waals surface area contributed by atoms with E-state index in [0.29, 0.717) is 0 Å². The van der Waals surface area contributed by atoms with Gasteiger partial charge in [0.15, 0.2) is 0 Å². The average molecular weight is 264 g/mol. The molecule has 1 aromatic rings. The molecule has 98 valence electrons. The van der Waals surface area contributed by atoms with Gasteiger partial charge in [-0.1, -0.05) is 12.5 Å². The van der Waals surface area contributed by atoms with Crippen LogP contribution in [-0.2, 0) is 4.79 Å². The Labute approximate surface area is 113 Å². The molecule has 1 saturated carbocycles. The number of carbonyl (C=O) groups excluding carboxylic acids is 1. The van der Waals surface area contributed by atoms with E-state index in [4.69, 9.17) is 5.73 Å². The van der Waals surface area contributed by atoms with Crippen molar-refractivity contribution in [3.63, 3.8) is 0 Å². The Morgan fingerprint density at radius 1 is 1.44 bits per heavy atom. The second-order valence-electron chi connectivity index (χ2n) is 4.84. The van der Waals surface area contributed by atoms with Crippen molar-refractivity contribution in [3.8, 4) is 0 Å². The number of thioether (sulfide) groups is 1. The molecule has 0 radical (unpaired) electrons. The van der Waals surface area contributed by atoms with Gasteiger partial charge in [0.2, 0.25) is 5.91 Å². The summed E-state index contributed by atoms with van der Waals surface area (Å²) in [7, 11) is 0. The van der Waals surface area contributed by atoms with E-state index in [9.17, 15) is 4.79 Å². The quantitative estimate of drug-likeness (QED) is 0.825. The molecule has 2 unspecified atom stereocenters. The molecule has 3 nitrogen and oxygen atoms in total. The normalized spacial score (nSPS) is 23.7. The summed E-state index contributed by atoms with van der Waals surface area (Å²) in [5.41, 5.74) is 6.80. The molecule has 4 heteroatoms. The number of amides is 1. The monoisotopic (exact) mass is 264 g/mol. The number of nitrogens with two attached hydrogens (primary N) is 1. The van der Waals surface area contributed by atoms with E-state index in [-0.39, 0.29) is 17.9 Å². The maximum absolute atomic E-state index is 12.1. The first-order valence-corrected chi connectivity index (χ1v) is 7.62. The number of hydrogen-bond acceptors (Lipinski definition) is 3. The van der Waals surface area contributed by atoms with Gasteiger partial charge in [0.1, 0.15) is 0 Å². The van der Waals surface area contributed by atoms with Crippen molar-refractivity contribution in [3.05, 3.63) is 24.3 Å². The molecule has 1 fully saturated rings. The van der Waals surface area contributed by atoms with Crippen LogP contribution < -0.4 is 11.1 Å². The minimum Gasteiger partial charge on any atom is -0.328 e. The summed E-state index contributed by atoms with van der Waals surface area (Å²) in [6.07, 6.45) is 5.91. The first-order valence-electron chi connectivity index (χ1n) is 6.39. The van der Waals surface area contributed by atoms with Crippen LogP contribution in [0.1, 0.15) is 25.7 Å². The predicted octanol–water partition coefficient (Wildman–Crippen LogP) is 2.86. The van der Waals surface area contributed by atoms with Gasteiger partial charge in [-0.2, -0.15) is 0 Å². The summed E-state index contributed by atoms with van der Waals surface area (Å²) in [5, 5.41) is 3.00. The zero-order valence-electron chi connectivity index (χ0n) is 10.7. The summed E-state index contributed by atoms with van der Waals surface area (Å²) >= 11 is 1.67. The molecule has 0 aliphatic heterocycles. The zero-order valence-corrected chi connectivity index (χ0v) is 11.5. The number of rotatable bonds is 3. The lowest BCUT2D eigenvalue weighted by Crippen LogP contribution is -2.34. The predicted molar refractivity (Wildman–Crippen MR) is 76.8 cm³/mol. The van der Waals surface area contributed by atoms with Gasteiger partial charge < -0.3 is 11.1 Å². The topological polar surface area (TPSA) is 55.1 Å². The van der Waals surface area contributed by atoms with E-state index in [1.807, 2.05) is 30.5 Å². The van der Waals surface area contributed by atoms with Crippen molar-refractivity contribution in [2.75, 3.05) is 11.6 Å². The van der Waals surface area contributed by atoms with Gasteiger partial charge in [-0.3, -0.25) is 4.79 Å². The Kier molecular flexibility index (Phi) is 4.66. The molecule has 1 aliphatic rings. The first kappa shape index (κ1) is 13.4. The fourth-order valence-corrected chi connectivity index (χ4v) is 2.87. The van der Waals surface area contributed by atoms with Gasteiger partial charge in [0.05, 0.1) is 0 Å². The summed E-state index contributed by atoms with van der Waals surface area (Å²) in [5.74, 6) is 0.190. The summed E-state index contributed by atoms with van der Waals surface area (Å²) in [6, 6.07) is 8.13. The first-order chi connectivity index (χ1) is 8.69. The highest BCUT2D eigenvalue weighted by molar-refractivity contribution is 7.98. The van der Waals surface area contributed by atoms with Crippen LogP contribution in [-0.4, -0.2) is 18.2 Å². The molecule has 18 heavy (non-hydrogen) atoms. The largest absolute Gasteiger partial charge is 0.328 e. The third-order valence-electron chi connectivity index (χ3n) is 3.42. The Morgan fingerprint density at radius 2 is 2.28 bits per heavy atom. The van der Waals surface area contributed by atoms with E-state index < -0.39 is 0 Å². The third-order valence-corrected chi connectivity index (χ3v) is 4.15. The van der Waals surface area contributed by atoms with Gasteiger partial charge in [0, 0.05) is 22.5 Å². The van der Waals surface area contributed by atoms with Crippen LogP contribution >= 0.6 is 11.8 Å². The number of nitrogens with one attached hydrogen (secondary N) is 1. The Morgan fingerprint density at radius 3 is 3.00 bits per heavy atom. The minimum atomic E-state index is 0.0756. The molecule has 1 amide bonds. The van der Waals surface area contributed by atoms with Crippen LogP contribution in [0, 0.1) is 5.92 Å². The molecular weight excluding hydrogens is 244 g/mol. The fraction of sp³-hybridized carbons (Fsp3) is 0.500. The van der Waals surface area contributed by atoms with E-state index in [2.05, 4.69) is 5.32 Å². The molecule has 1 aliphatic carbocycles. The third kappa shape index (κ3) is 3.50. The molecule has 1 aromatic carbocycles. The smallest absolute Gasteiger partial charge is 0.227 e. The van der Waals surface area contributed by atoms with Crippen LogP contribution in [0.5, 0.6) is 0 Å². The highest BCUT2D eigenvalue weighted by Gasteiger charge is 2.25. The number of hydrogen-bond donors (Lipinski definition) is 2. The number of anilines is 1. The van der Waals surface area contributed by atoms with Crippen molar-refractivity contribution in [1.29, 1.82) is 0 Å². The molecule has 0 aromatic heterocycles. The SMILES string of the molecule is CSc1cccc(NC(=O)C2CCCC(N)C2)c1. The Hall–Kier alpha value is -1.00. The molecule has 0 saturated heterocycles. The molecule has 0 heterocycles. The van der Waals surface area contributed by atoms with Crippen LogP contribution in [0.2, 0.25) is 0 Å². The Balaban J connectivity index is 1.97. The highest BCUT2D eigenvalue weighted by Crippen LogP contribution is 2.25.